The van der Waals surface area contributed by atoms with E-state index in [0.717, 1.165) is 15.7 Å². The minimum Gasteiger partial charge on any atom is -0.299 e. The molecule has 0 unspecified atom stereocenters. The lowest BCUT2D eigenvalue weighted by Gasteiger charge is -2.13. The van der Waals surface area contributed by atoms with Crippen LogP contribution in [0.1, 0.15) is 11.3 Å². The Kier molecular flexibility index (Phi) is 3.75. The van der Waals surface area contributed by atoms with Crippen molar-refractivity contribution in [2.24, 2.45) is 14.1 Å². The van der Waals surface area contributed by atoms with E-state index in [1.165, 1.54) is 11.6 Å². The molecule has 0 aliphatic heterocycles. The van der Waals surface area contributed by atoms with Crippen LogP contribution in [-0.4, -0.2) is 9.13 Å². The van der Waals surface area contributed by atoms with E-state index in [0.29, 0.717) is 16.6 Å². The van der Waals surface area contributed by atoms with Crippen molar-refractivity contribution < 1.29 is 0 Å². The third-order valence-corrected chi connectivity index (χ3v) is 3.75. The smallest absolute Gasteiger partial charge is 0.299 e. The Bertz CT molecular complexity index is 744. The molecule has 0 saturated carbocycles. The van der Waals surface area contributed by atoms with Crippen molar-refractivity contribution in [3.63, 3.8) is 0 Å². The molecule has 19 heavy (non-hydrogen) atoms. The molecule has 1 aromatic heterocycles. The van der Waals surface area contributed by atoms with Crippen LogP contribution in [0, 0.1) is 6.92 Å². The van der Waals surface area contributed by atoms with Crippen LogP contribution in [0.2, 0.25) is 0 Å². The van der Waals surface area contributed by atoms with Crippen LogP contribution in [0.25, 0.3) is 11.1 Å². The number of aromatic nitrogens is 2. The van der Waals surface area contributed by atoms with Crippen LogP contribution in [0.15, 0.2) is 33.9 Å². The van der Waals surface area contributed by atoms with Crippen molar-refractivity contribution in [3.8, 4) is 11.1 Å². The second-order valence-electron chi connectivity index (χ2n) is 4.53. The lowest BCUT2D eigenvalue weighted by molar-refractivity contribution is 0.669. The van der Waals surface area contributed by atoms with Crippen molar-refractivity contribution in [2.75, 3.05) is 0 Å². The highest BCUT2D eigenvalue weighted by Gasteiger charge is 2.16. The van der Waals surface area contributed by atoms with Gasteiger partial charge in [-0.2, -0.15) is 0 Å². The van der Waals surface area contributed by atoms with E-state index in [-0.39, 0.29) is 11.2 Å². The molecule has 5 heteroatoms. The average Bonchev–Trinajstić information content (AvgIpc) is 2.40. The average molecular weight is 323 g/mol. The highest BCUT2D eigenvalue weighted by Crippen LogP contribution is 2.21. The Labute approximate surface area is 119 Å². The van der Waals surface area contributed by atoms with Crippen LogP contribution in [0.4, 0.5) is 0 Å². The number of benzene rings is 1. The molecule has 0 atom stereocenters. The Morgan fingerprint density at radius 3 is 2.42 bits per heavy atom. The van der Waals surface area contributed by atoms with Gasteiger partial charge >= 0.3 is 5.69 Å². The molecular formula is C14H15BrN2O2. The molecule has 0 fully saturated rings. The lowest BCUT2D eigenvalue weighted by atomic mass is 10.0. The van der Waals surface area contributed by atoms with Gasteiger partial charge in [0.25, 0.3) is 5.56 Å². The SMILES string of the molecule is Cc1cccc(-c2c(CBr)n(C)c(=O)n(C)c2=O)c1. The minimum atomic E-state index is -0.309. The van der Waals surface area contributed by atoms with Gasteiger partial charge < -0.3 is 0 Å². The van der Waals surface area contributed by atoms with E-state index in [2.05, 4.69) is 15.9 Å². The molecule has 0 bridgehead atoms. The summed E-state index contributed by atoms with van der Waals surface area (Å²) in [6.07, 6.45) is 0. The molecule has 1 heterocycles. The van der Waals surface area contributed by atoms with Crippen molar-refractivity contribution >= 4 is 15.9 Å². The molecular weight excluding hydrogens is 308 g/mol. The fraction of sp³-hybridized carbons (Fsp3) is 0.286. The molecule has 0 spiro atoms. The van der Waals surface area contributed by atoms with Gasteiger partial charge in [-0.1, -0.05) is 45.8 Å². The second-order valence-corrected chi connectivity index (χ2v) is 5.09. The summed E-state index contributed by atoms with van der Waals surface area (Å²) < 4.78 is 2.65. The summed E-state index contributed by atoms with van der Waals surface area (Å²) in [4.78, 5) is 24.3. The normalized spacial score (nSPS) is 10.7. The molecule has 0 amide bonds. The molecule has 2 aromatic rings. The lowest BCUT2D eigenvalue weighted by Crippen LogP contribution is -2.39. The summed E-state index contributed by atoms with van der Waals surface area (Å²) in [5.41, 5.74) is 2.61. The van der Waals surface area contributed by atoms with E-state index in [1.807, 2.05) is 31.2 Å². The van der Waals surface area contributed by atoms with E-state index in [1.54, 1.807) is 7.05 Å². The van der Waals surface area contributed by atoms with E-state index < -0.39 is 0 Å². The highest BCUT2D eigenvalue weighted by atomic mass is 79.9. The van der Waals surface area contributed by atoms with Gasteiger partial charge in [0.1, 0.15) is 0 Å². The maximum absolute atomic E-state index is 12.4. The zero-order valence-electron chi connectivity index (χ0n) is 11.1. The van der Waals surface area contributed by atoms with Gasteiger partial charge in [0, 0.05) is 25.1 Å². The Balaban J connectivity index is 2.91. The summed E-state index contributed by atoms with van der Waals surface area (Å²) in [7, 11) is 3.18. The number of alkyl halides is 1. The van der Waals surface area contributed by atoms with E-state index in [9.17, 15) is 9.59 Å². The van der Waals surface area contributed by atoms with E-state index in [4.69, 9.17) is 0 Å². The van der Waals surface area contributed by atoms with Crippen LogP contribution in [0.5, 0.6) is 0 Å². The van der Waals surface area contributed by atoms with E-state index >= 15 is 0 Å². The topological polar surface area (TPSA) is 44.0 Å². The fourth-order valence-electron chi connectivity index (χ4n) is 2.13. The van der Waals surface area contributed by atoms with Gasteiger partial charge in [-0.25, -0.2) is 4.79 Å². The van der Waals surface area contributed by atoms with Gasteiger partial charge in [0.05, 0.1) is 5.56 Å². The summed E-state index contributed by atoms with van der Waals surface area (Å²) in [5.74, 6) is 0. The Hall–Kier alpha value is -1.62. The second kappa shape index (κ2) is 5.17. The van der Waals surface area contributed by atoms with Crippen molar-refractivity contribution in [3.05, 3.63) is 56.4 Å². The van der Waals surface area contributed by atoms with Gasteiger partial charge in [-0.3, -0.25) is 13.9 Å². The fourth-order valence-corrected chi connectivity index (χ4v) is 2.79. The monoisotopic (exact) mass is 322 g/mol. The molecule has 0 N–H and O–H groups in total. The van der Waals surface area contributed by atoms with Crippen LogP contribution < -0.4 is 11.2 Å². The van der Waals surface area contributed by atoms with Crippen LogP contribution in [-0.2, 0) is 19.4 Å². The number of halogens is 1. The molecule has 1 aromatic carbocycles. The maximum atomic E-state index is 12.4. The Morgan fingerprint density at radius 2 is 1.84 bits per heavy atom. The highest BCUT2D eigenvalue weighted by molar-refractivity contribution is 9.08. The summed E-state index contributed by atoms with van der Waals surface area (Å²) in [5, 5.41) is 0.456. The van der Waals surface area contributed by atoms with Gasteiger partial charge in [-0.05, 0) is 12.5 Å². The largest absolute Gasteiger partial charge is 0.330 e. The molecule has 0 aliphatic rings. The standard InChI is InChI=1S/C14H15BrN2O2/c1-9-5-4-6-10(7-9)12-11(8-15)16(2)14(19)17(3)13(12)18/h4-7H,8H2,1-3H3. The molecule has 4 nitrogen and oxygen atoms in total. The number of hydrogen-bond donors (Lipinski definition) is 0. The first-order valence-corrected chi connectivity index (χ1v) is 7.01. The molecule has 100 valence electrons. The third-order valence-electron chi connectivity index (χ3n) is 3.22. The first-order chi connectivity index (χ1) is 8.97. The number of hydrogen-bond acceptors (Lipinski definition) is 2. The quantitative estimate of drug-likeness (QED) is 0.793. The Morgan fingerprint density at radius 1 is 1.16 bits per heavy atom. The number of aryl methyl sites for hydroxylation is 1. The maximum Gasteiger partial charge on any atom is 0.330 e. The first-order valence-electron chi connectivity index (χ1n) is 5.89. The molecule has 0 radical (unpaired) electrons. The van der Waals surface area contributed by atoms with Crippen LogP contribution >= 0.6 is 15.9 Å². The van der Waals surface area contributed by atoms with Gasteiger partial charge in [-0.15, -0.1) is 0 Å². The predicted molar refractivity (Wildman–Crippen MR) is 79.7 cm³/mol. The number of rotatable bonds is 2. The summed E-state index contributed by atoms with van der Waals surface area (Å²) in [6.45, 7) is 1.98. The first kappa shape index (κ1) is 13.8. The molecule has 0 aliphatic carbocycles. The predicted octanol–water partition coefficient (Wildman–Crippen LogP) is 1.95. The summed E-state index contributed by atoms with van der Waals surface area (Å²) >= 11 is 3.36. The van der Waals surface area contributed by atoms with Crippen LogP contribution in [0.3, 0.4) is 0 Å². The molecule has 2 rings (SSSR count). The molecule has 0 saturated heterocycles. The third kappa shape index (κ3) is 2.30. The minimum absolute atomic E-state index is 0.261. The van der Waals surface area contributed by atoms with Gasteiger partial charge in [0.15, 0.2) is 0 Å². The van der Waals surface area contributed by atoms with Crippen molar-refractivity contribution in [1.29, 1.82) is 0 Å². The zero-order valence-corrected chi connectivity index (χ0v) is 12.7. The van der Waals surface area contributed by atoms with Crippen molar-refractivity contribution in [1.82, 2.24) is 9.13 Å². The zero-order chi connectivity index (χ0) is 14.2. The van der Waals surface area contributed by atoms with Gasteiger partial charge in [0.2, 0.25) is 0 Å². The number of nitrogens with zero attached hydrogens (tertiary/aromatic N) is 2. The van der Waals surface area contributed by atoms with Crippen molar-refractivity contribution in [2.45, 2.75) is 12.3 Å². The summed E-state index contributed by atoms with van der Waals surface area (Å²) in [6, 6.07) is 7.73.